The number of aryl methyl sites for hydroxylation is 2. The Labute approximate surface area is 220 Å². The normalized spacial score (nSPS) is 11.1. The van der Waals surface area contributed by atoms with E-state index in [1.807, 2.05) is 61.7 Å². The van der Waals surface area contributed by atoms with Crippen LogP contribution in [-0.2, 0) is 13.0 Å². The maximum atomic E-state index is 13.7. The van der Waals surface area contributed by atoms with Crippen LogP contribution in [0.3, 0.4) is 0 Å². The van der Waals surface area contributed by atoms with E-state index in [0.29, 0.717) is 23.6 Å². The number of hydrogen-bond acceptors (Lipinski definition) is 6. The van der Waals surface area contributed by atoms with Gasteiger partial charge in [-0.1, -0.05) is 55.8 Å². The monoisotopic (exact) mass is 507 g/mol. The fourth-order valence-corrected chi connectivity index (χ4v) is 4.72. The van der Waals surface area contributed by atoms with Gasteiger partial charge < -0.3 is 0 Å². The number of hydrogen-bond donors (Lipinski definition) is 1. The number of para-hydroxylation sites is 1. The molecular formula is C29H29N7O2. The van der Waals surface area contributed by atoms with Gasteiger partial charge in [0.1, 0.15) is 0 Å². The molecule has 5 rings (SSSR count). The molecule has 3 heterocycles. The third-order valence-corrected chi connectivity index (χ3v) is 6.68. The van der Waals surface area contributed by atoms with E-state index in [1.54, 1.807) is 21.4 Å². The minimum Gasteiger partial charge on any atom is -0.294 e. The molecule has 0 saturated carbocycles. The summed E-state index contributed by atoms with van der Waals surface area (Å²) in [6, 6.07) is 17.3. The number of aromatic nitrogens is 7. The minimum absolute atomic E-state index is 0.0698. The Morgan fingerprint density at radius 2 is 1.84 bits per heavy atom. The highest BCUT2D eigenvalue weighted by molar-refractivity contribution is 5.98. The number of H-pyrrole nitrogens is 1. The van der Waals surface area contributed by atoms with E-state index in [2.05, 4.69) is 27.5 Å². The van der Waals surface area contributed by atoms with Crippen molar-refractivity contribution in [1.29, 1.82) is 0 Å². The lowest BCUT2D eigenvalue weighted by Crippen LogP contribution is -2.26. The molecule has 0 radical (unpaired) electrons. The van der Waals surface area contributed by atoms with Crippen molar-refractivity contribution in [3.05, 3.63) is 99.9 Å². The van der Waals surface area contributed by atoms with Crippen molar-refractivity contribution in [2.24, 2.45) is 0 Å². The number of aromatic amines is 1. The third-order valence-electron chi connectivity index (χ3n) is 6.68. The summed E-state index contributed by atoms with van der Waals surface area (Å²) in [5, 5.41) is 14.2. The first-order valence-electron chi connectivity index (χ1n) is 12.7. The van der Waals surface area contributed by atoms with Gasteiger partial charge in [0, 0.05) is 34.8 Å². The number of unbranched alkanes of at least 4 members (excludes halogenated alkanes) is 1. The van der Waals surface area contributed by atoms with Gasteiger partial charge in [-0.05, 0) is 60.4 Å². The number of carbonyl (C=O) groups excluding carboxylic acids is 1. The second-order valence-electron chi connectivity index (χ2n) is 9.34. The van der Waals surface area contributed by atoms with Gasteiger partial charge in [0.25, 0.3) is 0 Å². The fourth-order valence-electron chi connectivity index (χ4n) is 4.72. The summed E-state index contributed by atoms with van der Waals surface area (Å²) in [4.78, 5) is 30.8. The van der Waals surface area contributed by atoms with Gasteiger partial charge in [-0.15, -0.1) is 5.10 Å². The number of imidazole rings is 1. The summed E-state index contributed by atoms with van der Waals surface area (Å²) in [7, 11) is 0. The Morgan fingerprint density at radius 1 is 1.03 bits per heavy atom. The van der Waals surface area contributed by atoms with Gasteiger partial charge in [0.2, 0.25) is 0 Å². The summed E-state index contributed by atoms with van der Waals surface area (Å²) in [6.07, 6.45) is 6.42. The maximum absolute atomic E-state index is 13.7. The summed E-state index contributed by atoms with van der Waals surface area (Å²) < 4.78 is 3.41. The summed E-state index contributed by atoms with van der Waals surface area (Å²) in [5.41, 5.74) is 6.27. The quantitative estimate of drug-likeness (QED) is 0.287. The van der Waals surface area contributed by atoms with Crippen LogP contribution in [0, 0.1) is 6.92 Å². The number of pyridine rings is 1. The van der Waals surface area contributed by atoms with E-state index in [9.17, 15) is 9.59 Å². The van der Waals surface area contributed by atoms with E-state index in [1.165, 1.54) is 6.92 Å². The molecule has 9 heteroatoms. The highest BCUT2D eigenvalue weighted by atomic mass is 16.2. The molecule has 0 bridgehead atoms. The number of rotatable bonds is 9. The summed E-state index contributed by atoms with van der Waals surface area (Å²) in [6.45, 7) is 5.96. The Balaban J connectivity index is 1.51. The van der Waals surface area contributed by atoms with Crippen molar-refractivity contribution >= 4 is 5.78 Å². The van der Waals surface area contributed by atoms with E-state index in [0.717, 1.165) is 52.9 Å². The van der Waals surface area contributed by atoms with Gasteiger partial charge in [-0.2, -0.15) is 0 Å². The van der Waals surface area contributed by atoms with Gasteiger partial charge >= 0.3 is 5.69 Å². The number of carbonyl (C=O) groups is 1. The third kappa shape index (κ3) is 4.82. The van der Waals surface area contributed by atoms with Crippen LogP contribution in [0.4, 0.5) is 0 Å². The Kier molecular flexibility index (Phi) is 7.08. The molecule has 0 unspecified atom stereocenters. The zero-order valence-corrected chi connectivity index (χ0v) is 21.7. The zero-order valence-electron chi connectivity index (χ0n) is 21.7. The molecule has 0 amide bonds. The lowest BCUT2D eigenvalue weighted by Gasteiger charge is -2.11. The number of benzene rings is 2. The van der Waals surface area contributed by atoms with Gasteiger partial charge in [0.05, 0.1) is 17.9 Å². The highest BCUT2D eigenvalue weighted by Gasteiger charge is 2.19. The first-order chi connectivity index (χ1) is 18.5. The topological polar surface area (TPSA) is 111 Å². The molecular weight excluding hydrogens is 478 g/mol. The Morgan fingerprint density at radius 3 is 2.53 bits per heavy atom. The van der Waals surface area contributed by atoms with E-state index in [-0.39, 0.29) is 11.5 Å². The molecule has 38 heavy (non-hydrogen) atoms. The van der Waals surface area contributed by atoms with Crippen LogP contribution in [0.1, 0.15) is 53.9 Å². The van der Waals surface area contributed by atoms with Crippen molar-refractivity contribution < 1.29 is 4.79 Å². The van der Waals surface area contributed by atoms with Crippen LogP contribution >= 0.6 is 0 Å². The molecule has 5 aromatic rings. The van der Waals surface area contributed by atoms with Crippen molar-refractivity contribution in [2.75, 3.05) is 0 Å². The molecule has 1 N–H and O–H groups in total. The minimum atomic E-state index is -0.167. The van der Waals surface area contributed by atoms with Crippen molar-refractivity contribution in [3.63, 3.8) is 0 Å². The van der Waals surface area contributed by atoms with Gasteiger partial charge in [-0.3, -0.25) is 18.9 Å². The smallest absolute Gasteiger partial charge is 0.294 e. The number of ketones is 1. The van der Waals surface area contributed by atoms with Crippen LogP contribution < -0.4 is 5.69 Å². The van der Waals surface area contributed by atoms with Crippen molar-refractivity contribution in [1.82, 2.24) is 34.7 Å². The lowest BCUT2D eigenvalue weighted by molar-refractivity contribution is 0.101. The number of tetrazole rings is 1. The predicted molar refractivity (Wildman–Crippen MR) is 145 cm³/mol. The van der Waals surface area contributed by atoms with E-state index in [4.69, 9.17) is 4.98 Å². The maximum Gasteiger partial charge on any atom is 0.333 e. The molecule has 0 spiro atoms. The fraction of sp³-hybridized carbons (Fsp3) is 0.241. The first-order valence-corrected chi connectivity index (χ1v) is 12.7. The number of nitrogens with one attached hydrogen (secondary N) is 1. The van der Waals surface area contributed by atoms with Crippen molar-refractivity contribution in [3.8, 4) is 28.3 Å². The molecule has 0 atom stereocenters. The van der Waals surface area contributed by atoms with Gasteiger partial charge in [0.15, 0.2) is 11.6 Å². The van der Waals surface area contributed by atoms with E-state index >= 15 is 0 Å². The first kappa shape index (κ1) is 25.0. The standard InChI is InChI=1S/C29H29N7O2/c1-4-5-10-22-18-36(27-19(2)9-8-13-23(27)20(3)37)29(38)35(22)17-21-14-15-26(30-16-21)24-11-6-7-12-25(24)28-31-33-34-32-28/h6-9,11-16,18H,4-5,10,17H2,1-3H3,(H,31,32,33,34). The lowest BCUT2D eigenvalue weighted by atomic mass is 10.0. The predicted octanol–water partition coefficient (Wildman–Crippen LogP) is 4.78. The van der Waals surface area contributed by atoms with Gasteiger partial charge in [-0.25, -0.2) is 9.89 Å². The molecule has 0 aliphatic rings. The molecule has 2 aromatic carbocycles. The van der Waals surface area contributed by atoms with Crippen LogP contribution in [0.25, 0.3) is 28.3 Å². The number of Topliss-reactive ketones (excluding diaryl/α,β-unsaturated/α-hetero) is 1. The van der Waals surface area contributed by atoms with Crippen LogP contribution in [0.5, 0.6) is 0 Å². The zero-order chi connectivity index (χ0) is 26.6. The van der Waals surface area contributed by atoms with Crippen LogP contribution in [0.15, 0.2) is 71.8 Å². The molecule has 0 aliphatic heterocycles. The number of nitrogens with zero attached hydrogens (tertiary/aromatic N) is 6. The SMILES string of the molecule is CCCCc1cn(-c2c(C)cccc2C(C)=O)c(=O)n1Cc1ccc(-c2ccccc2-c2nnn[nH]2)nc1. The van der Waals surface area contributed by atoms with Crippen LogP contribution in [0.2, 0.25) is 0 Å². The largest absolute Gasteiger partial charge is 0.333 e. The molecule has 0 fully saturated rings. The molecule has 0 aliphatic carbocycles. The summed E-state index contributed by atoms with van der Waals surface area (Å²) >= 11 is 0. The van der Waals surface area contributed by atoms with Crippen molar-refractivity contribution in [2.45, 2.75) is 46.6 Å². The molecule has 192 valence electrons. The second-order valence-corrected chi connectivity index (χ2v) is 9.34. The second kappa shape index (κ2) is 10.8. The molecule has 0 saturated heterocycles. The van der Waals surface area contributed by atoms with Crippen LogP contribution in [-0.4, -0.2) is 40.5 Å². The Bertz CT molecular complexity index is 1630. The Hall–Kier alpha value is -4.66. The molecule has 9 nitrogen and oxygen atoms in total. The summed E-state index contributed by atoms with van der Waals surface area (Å²) in [5.74, 6) is 0.501. The average Bonchev–Trinajstić information content (AvgIpc) is 3.57. The highest BCUT2D eigenvalue weighted by Crippen LogP contribution is 2.28. The average molecular weight is 508 g/mol. The van der Waals surface area contributed by atoms with E-state index < -0.39 is 0 Å². The molecule has 3 aromatic heterocycles.